The van der Waals surface area contributed by atoms with Gasteiger partial charge >= 0.3 is 0 Å². The lowest BCUT2D eigenvalue weighted by Crippen LogP contribution is -2.32. The summed E-state index contributed by atoms with van der Waals surface area (Å²) in [6.45, 7) is 2.51. The van der Waals surface area contributed by atoms with E-state index in [-0.39, 0.29) is 34.1 Å². The highest BCUT2D eigenvalue weighted by Gasteiger charge is 2.30. The molecule has 4 rings (SSSR count). The monoisotopic (exact) mass is 482 g/mol. The third kappa shape index (κ3) is 4.59. The maximum Gasteiger partial charge on any atom is 0.265 e. The number of sulfone groups is 1. The molecule has 1 fully saturated rings. The van der Waals surface area contributed by atoms with Gasteiger partial charge in [-0.15, -0.1) is 0 Å². The Balaban J connectivity index is 1.64. The number of alkyl halides is 2. The maximum atomic E-state index is 13.3. The van der Waals surface area contributed by atoms with Crippen LogP contribution in [0.15, 0.2) is 30.1 Å². The highest BCUT2D eigenvalue weighted by atomic mass is 35.5. The molecule has 2 aliphatic heterocycles. The second-order valence-electron chi connectivity index (χ2n) is 8.38. The van der Waals surface area contributed by atoms with E-state index in [0.29, 0.717) is 30.8 Å². The summed E-state index contributed by atoms with van der Waals surface area (Å²) >= 11 is 6.26. The van der Waals surface area contributed by atoms with Crippen LogP contribution in [0.1, 0.15) is 48.9 Å². The van der Waals surface area contributed by atoms with Crippen LogP contribution in [0.3, 0.4) is 0 Å². The van der Waals surface area contributed by atoms with Crippen molar-refractivity contribution in [1.82, 2.24) is 9.97 Å². The summed E-state index contributed by atoms with van der Waals surface area (Å²) in [5, 5.41) is 3.35. The molecule has 0 saturated carbocycles. The van der Waals surface area contributed by atoms with Gasteiger partial charge in [-0.2, -0.15) is 0 Å². The number of nitrogens with one attached hydrogen (secondary N) is 1. The van der Waals surface area contributed by atoms with E-state index in [2.05, 4.69) is 15.3 Å². The van der Waals surface area contributed by atoms with Crippen LogP contribution in [-0.4, -0.2) is 43.5 Å². The molecule has 1 aromatic heterocycles. The Kier molecular flexibility index (Phi) is 6.40. The first-order valence-electron chi connectivity index (χ1n) is 10.5. The Morgan fingerprint density at radius 3 is 2.56 bits per heavy atom. The van der Waals surface area contributed by atoms with E-state index in [1.165, 1.54) is 12.4 Å². The molecule has 1 aromatic carbocycles. The standard InChI is InChI=1S/C22H25ClF2N4O2S/c1-13(16-4-3-5-17(19(16)23)20(24)25)28-21-18-10-15(11-29(2)22(18)27-12-26-21)14-6-8-32(30,31)9-7-14/h3-5,10,12-14,20H,6-9,11H2,1-2H3,(H,26,27,28)/t13-/m1/s1. The van der Waals surface area contributed by atoms with E-state index >= 15 is 0 Å². The number of halogens is 3. The largest absolute Gasteiger partial charge is 0.363 e. The number of hydrogen-bond acceptors (Lipinski definition) is 6. The Bertz CT molecular complexity index is 1140. The van der Waals surface area contributed by atoms with Gasteiger partial charge in [0.15, 0.2) is 0 Å². The zero-order valence-corrected chi connectivity index (χ0v) is 19.4. The normalized spacial score (nSPS) is 19.4. The Morgan fingerprint density at radius 2 is 1.88 bits per heavy atom. The van der Waals surface area contributed by atoms with Crippen LogP contribution < -0.4 is 10.2 Å². The predicted molar refractivity (Wildman–Crippen MR) is 123 cm³/mol. The average Bonchev–Trinajstić information content (AvgIpc) is 2.74. The molecule has 0 bridgehead atoms. The molecule has 10 heteroatoms. The number of fused-ring (bicyclic) bond motifs is 1. The molecule has 32 heavy (non-hydrogen) atoms. The summed E-state index contributed by atoms with van der Waals surface area (Å²) in [4.78, 5) is 10.8. The molecule has 0 spiro atoms. The van der Waals surface area contributed by atoms with Crippen LogP contribution in [-0.2, 0) is 9.84 Å². The van der Waals surface area contributed by atoms with Crippen molar-refractivity contribution in [2.75, 3.05) is 35.3 Å². The Morgan fingerprint density at radius 1 is 1.19 bits per heavy atom. The minimum absolute atomic E-state index is 0.0437. The van der Waals surface area contributed by atoms with E-state index in [9.17, 15) is 17.2 Å². The molecule has 0 radical (unpaired) electrons. The van der Waals surface area contributed by atoms with Gasteiger partial charge in [0.25, 0.3) is 6.43 Å². The average molecular weight is 483 g/mol. The van der Waals surface area contributed by atoms with Gasteiger partial charge in [-0.05, 0) is 42.9 Å². The van der Waals surface area contributed by atoms with Gasteiger partial charge in [-0.25, -0.2) is 27.2 Å². The SMILES string of the molecule is C[C@@H](Nc1ncnc2c1C=C(C1CCS(=O)(=O)CC1)CN2C)c1cccc(C(F)F)c1Cl. The van der Waals surface area contributed by atoms with Gasteiger partial charge in [0, 0.05) is 19.2 Å². The number of likely N-dealkylation sites (N-methyl/N-ethyl adjacent to an activating group) is 1. The first-order valence-corrected chi connectivity index (χ1v) is 12.7. The Hall–Kier alpha value is -2.26. The lowest BCUT2D eigenvalue weighted by Gasteiger charge is -2.33. The van der Waals surface area contributed by atoms with Gasteiger partial charge in [-0.3, -0.25) is 0 Å². The maximum absolute atomic E-state index is 13.3. The summed E-state index contributed by atoms with van der Waals surface area (Å²) in [5.74, 6) is 1.94. The molecule has 6 nitrogen and oxygen atoms in total. The minimum atomic E-state index is -2.94. The van der Waals surface area contributed by atoms with Crippen LogP contribution in [0.5, 0.6) is 0 Å². The molecule has 1 saturated heterocycles. The van der Waals surface area contributed by atoms with E-state index < -0.39 is 16.3 Å². The van der Waals surface area contributed by atoms with Crippen LogP contribution in [0, 0.1) is 5.92 Å². The molecule has 1 N–H and O–H groups in total. The zero-order valence-electron chi connectivity index (χ0n) is 17.9. The highest BCUT2D eigenvalue weighted by Crippen LogP contribution is 2.38. The van der Waals surface area contributed by atoms with E-state index in [1.807, 2.05) is 24.9 Å². The fraction of sp³-hybridized carbons (Fsp3) is 0.455. The first-order chi connectivity index (χ1) is 15.2. The first kappa shape index (κ1) is 22.9. The van der Waals surface area contributed by atoms with Crippen molar-refractivity contribution in [2.24, 2.45) is 5.92 Å². The lowest BCUT2D eigenvalue weighted by molar-refractivity contribution is 0.151. The van der Waals surface area contributed by atoms with Crippen molar-refractivity contribution >= 4 is 39.1 Å². The molecule has 3 heterocycles. The van der Waals surface area contributed by atoms with Gasteiger partial charge in [0.1, 0.15) is 27.8 Å². The van der Waals surface area contributed by atoms with Crippen molar-refractivity contribution in [3.05, 3.63) is 51.8 Å². The minimum Gasteiger partial charge on any atom is -0.363 e. The molecular weight excluding hydrogens is 458 g/mol. The van der Waals surface area contributed by atoms with E-state index in [4.69, 9.17) is 11.6 Å². The number of hydrogen-bond donors (Lipinski definition) is 1. The van der Waals surface area contributed by atoms with Gasteiger partial charge in [-0.1, -0.05) is 29.8 Å². The quantitative estimate of drug-likeness (QED) is 0.653. The number of benzene rings is 1. The summed E-state index contributed by atoms with van der Waals surface area (Å²) in [6, 6.07) is 4.24. The molecule has 0 unspecified atom stereocenters. The zero-order chi connectivity index (χ0) is 23.0. The summed E-state index contributed by atoms with van der Waals surface area (Å²) in [7, 11) is -1.00. The topological polar surface area (TPSA) is 75.2 Å². The van der Waals surface area contributed by atoms with Crippen molar-refractivity contribution in [3.8, 4) is 0 Å². The molecule has 172 valence electrons. The van der Waals surface area contributed by atoms with Crippen molar-refractivity contribution in [1.29, 1.82) is 0 Å². The van der Waals surface area contributed by atoms with E-state index in [1.54, 1.807) is 12.1 Å². The fourth-order valence-electron chi connectivity index (χ4n) is 4.38. The van der Waals surface area contributed by atoms with Crippen molar-refractivity contribution in [3.63, 3.8) is 0 Å². The third-order valence-corrected chi connectivity index (χ3v) is 8.32. The lowest BCUT2D eigenvalue weighted by atomic mass is 9.89. The molecule has 1 atom stereocenters. The van der Waals surface area contributed by atoms with Crippen LogP contribution in [0.2, 0.25) is 5.02 Å². The second kappa shape index (κ2) is 8.94. The Labute approximate surface area is 191 Å². The highest BCUT2D eigenvalue weighted by molar-refractivity contribution is 7.91. The van der Waals surface area contributed by atoms with Crippen LogP contribution in [0.4, 0.5) is 20.4 Å². The van der Waals surface area contributed by atoms with Crippen molar-refractivity contribution in [2.45, 2.75) is 32.2 Å². The smallest absolute Gasteiger partial charge is 0.265 e. The molecule has 2 aromatic rings. The second-order valence-corrected chi connectivity index (χ2v) is 11.1. The number of rotatable bonds is 5. The molecule has 2 aliphatic rings. The fourth-order valence-corrected chi connectivity index (χ4v) is 6.24. The van der Waals surface area contributed by atoms with Gasteiger partial charge in [0.2, 0.25) is 0 Å². The molecular formula is C22H25ClF2N4O2S. The predicted octanol–water partition coefficient (Wildman–Crippen LogP) is 4.90. The van der Waals surface area contributed by atoms with Gasteiger partial charge in [0.05, 0.1) is 28.1 Å². The van der Waals surface area contributed by atoms with Crippen LogP contribution in [0.25, 0.3) is 6.08 Å². The summed E-state index contributed by atoms with van der Waals surface area (Å²) in [5.41, 5.74) is 2.31. The van der Waals surface area contributed by atoms with Gasteiger partial charge < -0.3 is 10.2 Å². The summed E-state index contributed by atoms with van der Waals surface area (Å²) in [6.07, 6.45) is 2.08. The van der Waals surface area contributed by atoms with Crippen molar-refractivity contribution < 1.29 is 17.2 Å². The number of anilines is 2. The number of aromatic nitrogens is 2. The van der Waals surface area contributed by atoms with E-state index in [0.717, 1.165) is 17.0 Å². The molecule has 0 aliphatic carbocycles. The molecule has 0 amide bonds. The summed E-state index contributed by atoms with van der Waals surface area (Å²) < 4.78 is 50.2. The van der Waals surface area contributed by atoms with Crippen LogP contribution >= 0.6 is 11.6 Å². The third-order valence-electron chi connectivity index (χ3n) is 6.17. The number of nitrogens with zero attached hydrogens (tertiary/aromatic N) is 3.